The molecule has 2 rings (SSSR count). The van der Waals surface area contributed by atoms with Crippen LogP contribution in [0.5, 0.6) is 0 Å². The van der Waals surface area contributed by atoms with Crippen LogP contribution in [-0.2, 0) is 13.1 Å². The third-order valence-corrected chi connectivity index (χ3v) is 4.00. The summed E-state index contributed by atoms with van der Waals surface area (Å²) < 4.78 is 1.14. The van der Waals surface area contributed by atoms with Gasteiger partial charge in [0.25, 0.3) is 0 Å². The Morgan fingerprint density at radius 1 is 1.20 bits per heavy atom. The fraction of sp³-hybridized carbons (Fsp3) is 0.312. The van der Waals surface area contributed by atoms with Crippen LogP contribution in [0.2, 0.25) is 0 Å². The second-order valence-corrected chi connectivity index (χ2v) is 5.59. The summed E-state index contributed by atoms with van der Waals surface area (Å²) in [5.41, 5.74) is 3.72. The number of nitrogens with one attached hydrogen (secondary N) is 1. The minimum Gasteiger partial charge on any atom is -0.369 e. The summed E-state index contributed by atoms with van der Waals surface area (Å²) in [6, 6.07) is 10.4. The molecule has 0 unspecified atom stereocenters. The molecule has 0 aliphatic carbocycles. The van der Waals surface area contributed by atoms with Crippen LogP contribution in [0.1, 0.15) is 18.1 Å². The lowest BCUT2D eigenvalue weighted by atomic mass is 10.1. The molecule has 0 atom stereocenters. The van der Waals surface area contributed by atoms with Crippen molar-refractivity contribution in [2.24, 2.45) is 0 Å². The Labute approximate surface area is 129 Å². The first-order chi connectivity index (χ1) is 9.72. The van der Waals surface area contributed by atoms with E-state index in [4.69, 9.17) is 0 Å². The number of benzene rings is 1. The zero-order valence-electron chi connectivity index (χ0n) is 11.9. The van der Waals surface area contributed by atoms with E-state index < -0.39 is 0 Å². The first-order valence-corrected chi connectivity index (χ1v) is 7.59. The standard InChI is InChI=1S/C16H20BrN3/c1-3-18-10-13-8-9-19-11-16(13)20(2)12-14-6-4-5-7-15(14)17/h4-9,11,18H,3,10,12H2,1-2H3. The summed E-state index contributed by atoms with van der Waals surface area (Å²) in [6.07, 6.45) is 3.78. The Bertz CT molecular complexity index is 557. The molecule has 0 aliphatic heterocycles. The number of halogens is 1. The topological polar surface area (TPSA) is 28.2 Å². The van der Waals surface area contributed by atoms with Gasteiger partial charge in [-0.1, -0.05) is 41.1 Å². The highest BCUT2D eigenvalue weighted by molar-refractivity contribution is 9.10. The highest BCUT2D eigenvalue weighted by atomic mass is 79.9. The fourth-order valence-corrected chi connectivity index (χ4v) is 2.55. The quantitative estimate of drug-likeness (QED) is 0.875. The summed E-state index contributed by atoms with van der Waals surface area (Å²) >= 11 is 3.60. The van der Waals surface area contributed by atoms with Gasteiger partial charge in [0.05, 0.1) is 11.9 Å². The van der Waals surface area contributed by atoms with Crippen molar-refractivity contribution < 1.29 is 0 Å². The van der Waals surface area contributed by atoms with E-state index in [-0.39, 0.29) is 0 Å². The van der Waals surface area contributed by atoms with Crippen LogP contribution in [0.25, 0.3) is 0 Å². The Hall–Kier alpha value is -1.39. The van der Waals surface area contributed by atoms with Gasteiger partial charge in [-0.3, -0.25) is 4.98 Å². The van der Waals surface area contributed by atoms with E-state index in [1.54, 1.807) is 0 Å². The molecule has 2 aromatic rings. The van der Waals surface area contributed by atoms with Crippen LogP contribution in [-0.4, -0.2) is 18.6 Å². The Balaban J connectivity index is 2.16. The van der Waals surface area contributed by atoms with Gasteiger partial charge < -0.3 is 10.2 Å². The normalized spacial score (nSPS) is 10.6. The molecule has 4 heteroatoms. The molecule has 106 valence electrons. The van der Waals surface area contributed by atoms with Gasteiger partial charge in [-0.05, 0) is 29.8 Å². The molecular formula is C16H20BrN3. The van der Waals surface area contributed by atoms with Crippen molar-refractivity contribution in [3.63, 3.8) is 0 Å². The van der Waals surface area contributed by atoms with Crippen molar-refractivity contribution in [1.29, 1.82) is 0 Å². The number of nitrogens with zero attached hydrogens (tertiary/aromatic N) is 2. The third-order valence-electron chi connectivity index (χ3n) is 3.23. The van der Waals surface area contributed by atoms with Crippen LogP contribution >= 0.6 is 15.9 Å². The molecule has 1 aromatic heterocycles. The van der Waals surface area contributed by atoms with Gasteiger partial charge in [-0.2, -0.15) is 0 Å². The monoisotopic (exact) mass is 333 g/mol. The first-order valence-electron chi connectivity index (χ1n) is 6.80. The smallest absolute Gasteiger partial charge is 0.0598 e. The second-order valence-electron chi connectivity index (χ2n) is 4.73. The average Bonchev–Trinajstić information content (AvgIpc) is 2.47. The Kier molecular flexibility index (Phi) is 5.56. The molecule has 0 spiro atoms. The maximum atomic E-state index is 4.26. The van der Waals surface area contributed by atoms with Crippen LogP contribution in [0.15, 0.2) is 47.2 Å². The van der Waals surface area contributed by atoms with Gasteiger partial charge in [0, 0.05) is 30.8 Å². The lowest BCUT2D eigenvalue weighted by Gasteiger charge is -2.22. The Morgan fingerprint density at radius 3 is 2.75 bits per heavy atom. The minimum absolute atomic E-state index is 0.853. The number of anilines is 1. The van der Waals surface area contributed by atoms with E-state index >= 15 is 0 Å². The highest BCUT2D eigenvalue weighted by Gasteiger charge is 2.09. The molecule has 3 nitrogen and oxygen atoms in total. The number of hydrogen-bond acceptors (Lipinski definition) is 3. The SMILES string of the molecule is CCNCc1ccncc1N(C)Cc1ccccc1Br. The summed E-state index contributed by atoms with van der Waals surface area (Å²) in [7, 11) is 2.10. The maximum Gasteiger partial charge on any atom is 0.0598 e. The molecule has 0 aliphatic rings. The highest BCUT2D eigenvalue weighted by Crippen LogP contribution is 2.23. The predicted molar refractivity (Wildman–Crippen MR) is 87.9 cm³/mol. The first kappa shape index (κ1) is 15.0. The minimum atomic E-state index is 0.853. The van der Waals surface area contributed by atoms with Crippen molar-refractivity contribution in [1.82, 2.24) is 10.3 Å². The van der Waals surface area contributed by atoms with E-state index in [2.05, 4.69) is 69.4 Å². The van der Waals surface area contributed by atoms with E-state index in [0.29, 0.717) is 0 Å². The number of pyridine rings is 1. The van der Waals surface area contributed by atoms with Crippen molar-refractivity contribution in [3.8, 4) is 0 Å². The van der Waals surface area contributed by atoms with Gasteiger partial charge in [-0.15, -0.1) is 0 Å². The average molecular weight is 334 g/mol. The molecule has 0 bridgehead atoms. The van der Waals surface area contributed by atoms with Crippen molar-refractivity contribution in [3.05, 3.63) is 58.3 Å². The molecule has 0 amide bonds. The number of hydrogen-bond donors (Lipinski definition) is 1. The van der Waals surface area contributed by atoms with Gasteiger partial charge >= 0.3 is 0 Å². The van der Waals surface area contributed by atoms with E-state index in [1.165, 1.54) is 16.8 Å². The molecule has 0 radical (unpaired) electrons. The fourth-order valence-electron chi connectivity index (χ4n) is 2.14. The molecule has 1 heterocycles. The molecular weight excluding hydrogens is 314 g/mol. The van der Waals surface area contributed by atoms with Gasteiger partial charge in [-0.25, -0.2) is 0 Å². The van der Waals surface area contributed by atoms with Crippen LogP contribution in [0.4, 0.5) is 5.69 Å². The predicted octanol–water partition coefficient (Wildman–Crippen LogP) is 3.59. The molecule has 1 aromatic carbocycles. The maximum absolute atomic E-state index is 4.26. The zero-order chi connectivity index (χ0) is 14.4. The van der Waals surface area contributed by atoms with Crippen molar-refractivity contribution in [2.75, 3.05) is 18.5 Å². The summed E-state index contributed by atoms with van der Waals surface area (Å²) in [4.78, 5) is 6.49. The Morgan fingerprint density at radius 2 is 2.00 bits per heavy atom. The summed E-state index contributed by atoms with van der Waals surface area (Å²) in [5.74, 6) is 0. The molecule has 0 saturated carbocycles. The lowest BCUT2D eigenvalue weighted by Crippen LogP contribution is -2.21. The molecule has 20 heavy (non-hydrogen) atoms. The largest absolute Gasteiger partial charge is 0.369 e. The van der Waals surface area contributed by atoms with E-state index in [9.17, 15) is 0 Å². The lowest BCUT2D eigenvalue weighted by molar-refractivity contribution is 0.722. The molecule has 0 saturated heterocycles. The van der Waals surface area contributed by atoms with Gasteiger partial charge in [0.1, 0.15) is 0 Å². The summed E-state index contributed by atoms with van der Waals surface area (Å²) in [6.45, 7) is 4.81. The third kappa shape index (κ3) is 3.81. The zero-order valence-corrected chi connectivity index (χ0v) is 13.5. The summed E-state index contributed by atoms with van der Waals surface area (Å²) in [5, 5.41) is 3.37. The van der Waals surface area contributed by atoms with Crippen LogP contribution in [0, 0.1) is 0 Å². The van der Waals surface area contributed by atoms with Crippen LogP contribution in [0.3, 0.4) is 0 Å². The van der Waals surface area contributed by atoms with E-state index in [0.717, 1.165) is 24.1 Å². The number of aromatic nitrogens is 1. The van der Waals surface area contributed by atoms with Gasteiger partial charge in [0.2, 0.25) is 0 Å². The van der Waals surface area contributed by atoms with Gasteiger partial charge in [0.15, 0.2) is 0 Å². The van der Waals surface area contributed by atoms with Crippen LogP contribution < -0.4 is 10.2 Å². The molecule has 1 N–H and O–H groups in total. The second kappa shape index (κ2) is 7.41. The van der Waals surface area contributed by atoms with E-state index in [1.807, 2.05) is 18.5 Å². The molecule has 0 fully saturated rings. The number of rotatable bonds is 6. The van der Waals surface area contributed by atoms with Crippen molar-refractivity contribution >= 4 is 21.6 Å². The van der Waals surface area contributed by atoms with Crippen molar-refractivity contribution in [2.45, 2.75) is 20.0 Å².